The van der Waals surface area contributed by atoms with Crippen molar-refractivity contribution < 1.29 is 9.63 Å². The van der Waals surface area contributed by atoms with E-state index in [0.717, 1.165) is 24.2 Å². The quantitative estimate of drug-likeness (QED) is 0.622. The molecule has 25 heavy (non-hydrogen) atoms. The van der Waals surface area contributed by atoms with Crippen molar-refractivity contribution in [3.8, 4) is 0 Å². The van der Waals surface area contributed by atoms with Gasteiger partial charge in [-0.2, -0.15) is 0 Å². The van der Waals surface area contributed by atoms with E-state index in [1.54, 1.807) is 6.21 Å². The molecule has 1 fully saturated rings. The molecule has 5 nitrogen and oxygen atoms in total. The third-order valence-corrected chi connectivity index (χ3v) is 4.40. The molecule has 1 heterocycles. The van der Waals surface area contributed by atoms with Gasteiger partial charge in [-0.25, -0.2) is 0 Å². The van der Waals surface area contributed by atoms with Crippen LogP contribution in [0.4, 0.5) is 5.69 Å². The predicted molar refractivity (Wildman–Crippen MR) is 100.0 cm³/mol. The number of carbonyl (C=O) groups excluding carboxylic acids is 1. The second kappa shape index (κ2) is 8.33. The number of aryl methyl sites for hydroxylation is 1. The predicted octanol–water partition coefficient (Wildman–Crippen LogP) is 2.69. The summed E-state index contributed by atoms with van der Waals surface area (Å²) < 4.78 is 0. The molecule has 0 spiro atoms. The maximum absolute atomic E-state index is 12.2. The van der Waals surface area contributed by atoms with Gasteiger partial charge in [-0.15, -0.1) is 0 Å². The Balaban J connectivity index is 1.43. The van der Waals surface area contributed by atoms with Crippen LogP contribution >= 0.6 is 0 Å². The molecule has 0 unspecified atom stereocenters. The monoisotopic (exact) mass is 337 g/mol. The highest BCUT2D eigenvalue weighted by Gasteiger charge is 2.21. The number of para-hydroxylation sites is 1. The van der Waals surface area contributed by atoms with Crippen LogP contribution in [0.2, 0.25) is 0 Å². The summed E-state index contributed by atoms with van der Waals surface area (Å²) in [5.74, 6) is -0.0188. The second-order valence-corrected chi connectivity index (χ2v) is 6.07. The Kier molecular flexibility index (Phi) is 5.67. The number of hydrogen-bond acceptors (Lipinski definition) is 4. The lowest BCUT2D eigenvalue weighted by molar-refractivity contribution is -0.136. The number of rotatable bonds is 5. The van der Waals surface area contributed by atoms with Crippen molar-refractivity contribution in [2.24, 2.45) is 5.16 Å². The van der Waals surface area contributed by atoms with Crippen LogP contribution in [0, 0.1) is 6.92 Å². The molecular formula is C20H23N3O2. The molecule has 2 aromatic rings. The zero-order valence-electron chi connectivity index (χ0n) is 14.5. The number of piperazine rings is 1. The summed E-state index contributed by atoms with van der Waals surface area (Å²) in [6.45, 7) is 5.08. The smallest absolute Gasteiger partial charge is 0.263 e. The van der Waals surface area contributed by atoms with Gasteiger partial charge in [-0.1, -0.05) is 47.6 Å². The lowest BCUT2D eigenvalue weighted by Crippen LogP contribution is -2.49. The summed E-state index contributed by atoms with van der Waals surface area (Å²) in [6.07, 6.45) is 1.65. The lowest BCUT2D eigenvalue weighted by atomic mass is 10.1. The largest absolute Gasteiger partial charge is 0.386 e. The first-order chi connectivity index (χ1) is 12.2. The van der Waals surface area contributed by atoms with Crippen LogP contribution in [0.5, 0.6) is 0 Å². The van der Waals surface area contributed by atoms with Gasteiger partial charge in [0.05, 0.1) is 6.21 Å². The zero-order chi connectivity index (χ0) is 17.5. The molecule has 1 aliphatic heterocycles. The number of benzene rings is 2. The Labute approximate surface area is 148 Å². The molecule has 0 saturated carbocycles. The van der Waals surface area contributed by atoms with Crippen LogP contribution in [0.3, 0.4) is 0 Å². The molecule has 2 aromatic carbocycles. The van der Waals surface area contributed by atoms with Crippen molar-refractivity contribution in [1.82, 2.24) is 4.90 Å². The Morgan fingerprint density at radius 2 is 1.72 bits per heavy atom. The van der Waals surface area contributed by atoms with Crippen LogP contribution in [0.1, 0.15) is 11.1 Å². The number of oxime groups is 1. The standard InChI is InChI=1S/C20H23N3O2/c1-17-7-5-6-8-18(17)15-21-25-16-20(24)23-13-11-22(12-14-23)19-9-3-2-4-10-19/h2-10,15H,11-14,16H2,1H3. The number of anilines is 1. The van der Waals surface area contributed by atoms with E-state index >= 15 is 0 Å². The summed E-state index contributed by atoms with van der Waals surface area (Å²) in [5, 5.41) is 3.92. The van der Waals surface area contributed by atoms with E-state index in [4.69, 9.17) is 4.84 Å². The first-order valence-electron chi connectivity index (χ1n) is 8.53. The third-order valence-electron chi connectivity index (χ3n) is 4.40. The maximum Gasteiger partial charge on any atom is 0.263 e. The molecule has 5 heteroatoms. The molecular weight excluding hydrogens is 314 g/mol. The first kappa shape index (κ1) is 17.0. The highest BCUT2D eigenvalue weighted by atomic mass is 16.6. The lowest BCUT2D eigenvalue weighted by Gasteiger charge is -2.35. The average molecular weight is 337 g/mol. The fourth-order valence-corrected chi connectivity index (χ4v) is 2.86. The van der Waals surface area contributed by atoms with E-state index in [1.165, 1.54) is 5.69 Å². The molecule has 1 aliphatic rings. The second-order valence-electron chi connectivity index (χ2n) is 6.07. The van der Waals surface area contributed by atoms with Crippen LogP contribution in [0.15, 0.2) is 59.8 Å². The van der Waals surface area contributed by atoms with Crippen molar-refractivity contribution >= 4 is 17.8 Å². The van der Waals surface area contributed by atoms with Gasteiger partial charge in [0.2, 0.25) is 0 Å². The summed E-state index contributed by atoms with van der Waals surface area (Å²) >= 11 is 0. The van der Waals surface area contributed by atoms with E-state index in [2.05, 4.69) is 22.2 Å². The highest BCUT2D eigenvalue weighted by molar-refractivity contribution is 5.81. The Morgan fingerprint density at radius 1 is 1.04 bits per heavy atom. The molecule has 0 radical (unpaired) electrons. The fraction of sp³-hybridized carbons (Fsp3) is 0.300. The minimum atomic E-state index is -0.0201. The Morgan fingerprint density at radius 3 is 2.44 bits per heavy atom. The molecule has 1 saturated heterocycles. The minimum Gasteiger partial charge on any atom is -0.386 e. The zero-order valence-corrected chi connectivity index (χ0v) is 14.5. The molecule has 130 valence electrons. The molecule has 0 atom stereocenters. The van der Waals surface area contributed by atoms with Gasteiger partial charge in [-0.05, 0) is 30.2 Å². The van der Waals surface area contributed by atoms with Crippen LogP contribution in [0.25, 0.3) is 0 Å². The number of nitrogens with zero attached hydrogens (tertiary/aromatic N) is 3. The van der Waals surface area contributed by atoms with Gasteiger partial charge in [0.25, 0.3) is 5.91 Å². The van der Waals surface area contributed by atoms with E-state index in [-0.39, 0.29) is 12.5 Å². The van der Waals surface area contributed by atoms with Crippen molar-refractivity contribution in [3.63, 3.8) is 0 Å². The Bertz CT molecular complexity index is 723. The molecule has 0 bridgehead atoms. The van der Waals surface area contributed by atoms with Gasteiger partial charge in [0.15, 0.2) is 6.61 Å². The average Bonchev–Trinajstić information content (AvgIpc) is 2.67. The third kappa shape index (κ3) is 4.59. The van der Waals surface area contributed by atoms with Crippen molar-refractivity contribution in [3.05, 3.63) is 65.7 Å². The molecule has 0 aromatic heterocycles. The van der Waals surface area contributed by atoms with E-state index in [1.807, 2.05) is 54.3 Å². The van der Waals surface area contributed by atoms with E-state index in [0.29, 0.717) is 13.1 Å². The summed E-state index contributed by atoms with van der Waals surface area (Å²) in [5.41, 5.74) is 3.32. The minimum absolute atomic E-state index is 0.0188. The van der Waals surface area contributed by atoms with Crippen LogP contribution in [-0.4, -0.2) is 49.8 Å². The van der Waals surface area contributed by atoms with E-state index in [9.17, 15) is 4.79 Å². The van der Waals surface area contributed by atoms with Crippen molar-refractivity contribution in [1.29, 1.82) is 0 Å². The summed E-state index contributed by atoms with van der Waals surface area (Å²) in [4.78, 5) is 21.5. The van der Waals surface area contributed by atoms with Crippen molar-refractivity contribution in [2.45, 2.75) is 6.92 Å². The van der Waals surface area contributed by atoms with Crippen LogP contribution < -0.4 is 4.90 Å². The number of carbonyl (C=O) groups is 1. The first-order valence-corrected chi connectivity index (χ1v) is 8.53. The number of hydrogen-bond donors (Lipinski definition) is 0. The molecule has 3 rings (SSSR count). The van der Waals surface area contributed by atoms with Gasteiger partial charge in [0, 0.05) is 31.9 Å². The summed E-state index contributed by atoms with van der Waals surface area (Å²) in [6, 6.07) is 18.2. The molecule has 1 amide bonds. The topological polar surface area (TPSA) is 45.1 Å². The highest BCUT2D eigenvalue weighted by Crippen LogP contribution is 2.15. The Hall–Kier alpha value is -2.82. The SMILES string of the molecule is Cc1ccccc1C=NOCC(=O)N1CCN(c2ccccc2)CC1. The van der Waals surface area contributed by atoms with Crippen molar-refractivity contribution in [2.75, 3.05) is 37.7 Å². The van der Waals surface area contributed by atoms with Gasteiger partial charge in [-0.3, -0.25) is 4.79 Å². The van der Waals surface area contributed by atoms with Crippen LogP contribution in [-0.2, 0) is 9.63 Å². The molecule has 0 N–H and O–H groups in total. The fourth-order valence-electron chi connectivity index (χ4n) is 2.86. The van der Waals surface area contributed by atoms with Gasteiger partial charge in [0.1, 0.15) is 0 Å². The normalized spacial score (nSPS) is 14.8. The number of amides is 1. The maximum atomic E-state index is 12.2. The van der Waals surface area contributed by atoms with Gasteiger partial charge < -0.3 is 14.6 Å². The van der Waals surface area contributed by atoms with Gasteiger partial charge >= 0.3 is 0 Å². The van der Waals surface area contributed by atoms with E-state index < -0.39 is 0 Å². The molecule has 0 aliphatic carbocycles. The summed E-state index contributed by atoms with van der Waals surface area (Å²) in [7, 11) is 0.